The molecule has 0 spiro atoms. The molecule has 2 aromatic rings. The molecule has 0 saturated carbocycles. The Labute approximate surface area is 119 Å². The van der Waals surface area contributed by atoms with Gasteiger partial charge in [-0.3, -0.25) is 9.59 Å². The third-order valence-corrected chi connectivity index (χ3v) is 2.38. The van der Waals surface area contributed by atoms with Crippen molar-refractivity contribution in [3.05, 3.63) is 39.7 Å². The third-order valence-electron chi connectivity index (χ3n) is 2.23. The molecule has 2 rings (SSSR count). The lowest BCUT2D eigenvalue weighted by molar-refractivity contribution is 0.0990. The summed E-state index contributed by atoms with van der Waals surface area (Å²) < 4.78 is 43.0. The maximum absolute atomic E-state index is 13.3. The van der Waals surface area contributed by atoms with Crippen LogP contribution in [0, 0.1) is 5.82 Å². The van der Waals surface area contributed by atoms with E-state index < -0.39 is 36.1 Å². The molecule has 1 amide bonds. The first kappa shape index (κ1) is 15.0. The Morgan fingerprint density at radius 3 is 2.76 bits per heavy atom. The highest BCUT2D eigenvalue weighted by molar-refractivity contribution is 6.27. The monoisotopic (exact) mass is 322 g/mol. The smallest absolute Gasteiger partial charge is 0.313 e. The molecular weight excluding hydrogens is 317 g/mol. The molecule has 0 aliphatic carbocycles. The summed E-state index contributed by atoms with van der Waals surface area (Å²) in [5, 5.41) is 8.24. The molecule has 11 heteroatoms. The molecule has 0 aromatic carbocycles. The molecule has 0 atom stereocenters. The zero-order valence-corrected chi connectivity index (χ0v) is 10.8. The Morgan fingerprint density at radius 1 is 1.48 bits per heavy atom. The summed E-state index contributed by atoms with van der Waals surface area (Å²) in [4.78, 5) is 22.9. The summed E-state index contributed by atoms with van der Waals surface area (Å²) >= 11 is 5.33. The largest absolute Gasteiger partial charge is 0.403 e. The normalized spacial score (nSPS) is 10.9. The first-order valence-corrected chi connectivity index (χ1v) is 5.73. The van der Waals surface area contributed by atoms with E-state index in [1.54, 1.807) is 0 Å². The van der Waals surface area contributed by atoms with Gasteiger partial charge in [-0.25, -0.2) is 13.2 Å². The highest BCUT2D eigenvalue weighted by Gasteiger charge is 2.16. The topological polar surface area (TPSA) is 90.0 Å². The number of amides is 1. The number of alkyl halides is 2. The van der Waals surface area contributed by atoms with Crippen LogP contribution in [0.5, 0.6) is 0 Å². The van der Waals surface area contributed by atoms with Crippen LogP contribution in [0.1, 0.15) is 10.7 Å². The zero-order valence-electron chi connectivity index (χ0n) is 10.0. The van der Waals surface area contributed by atoms with Crippen molar-refractivity contribution in [2.75, 3.05) is 5.32 Å². The molecule has 2 heterocycles. The Balaban J connectivity index is 2.26. The number of rotatable bonds is 4. The first-order valence-electron chi connectivity index (χ1n) is 5.35. The van der Waals surface area contributed by atoms with E-state index in [4.69, 9.17) is 11.6 Å². The van der Waals surface area contributed by atoms with Gasteiger partial charge in [0.15, 0.2) is 5.82 Å². The molecule has 112 valence electrons. The van der Waals surface area contributed by atoms with E-state index in [0.717, 1.165) is 6.20 Å². The van der Waals surface area contributed by atoms with Gasteiger partial charge >= 0.3 is 17.1 Å². The third kappa shape index (κ3) is 3.60. The van der Waals surface area contributed by atoms with Gasteiger partial charge in [-0.05, 0) is 11.6 Å². The lowest BCUT2D eigenvalue weighted by atomic mass is 10.3. The van der Waals surface area contributed by atoms with Gasteiger partial charge in [0.1, 0.15) is 0 Å². The van der Waals surface area contributed by atoms with Gasteiger partial charge in [0.25, 0.3) is 12.0 Å². The summed E-state index contributed by atoms with van der Waals surface area (Å²) in [6.45, 7) is -1.01. The summed E-state index contributed by atoms with van der Waals surface area (Å²) in [6.07, 6.45) is -1.99. The lowest BCUT2D eigenvalue weighted by Crippen LogP contribution is -2.26. The van der Waals surface area contributed by atoms with Gasteiger partial charge in [0, 0.05) is 12.3 Å². The van der Waals surface area contributed by atoms with E-state index in [2.05, 4.69) is 19.9 Å². The van der Waals surface area contributed by atoms with Gasteiger partial charge in [0.05, 0.1) is 12.2 Å². The molecule has 0 aliphatic rings. The second-order valence-corrected chi connectivity index (χ2v) is 4.06. The van der Waals surface area contributed by atoms with Crippen LogP contribution >= 0.6 is 11.6 Å². The number of anilines is 1. The van der Waals surface area contributed by atoms with Crippen LogP contribution in [0.15, 0.2) is 21.5 Å². The summed E-state index contributed by atoms with van der Waals surface area (Å²) in [6, 6.07) is 0.681. The van der Waals surface area contributed by atoms with E-state index in [1.165, 1.54) is 0 Å². The molecule has 0 aliphatic heterocycles. The van der Waals surface area contributed by atoms with E-state index in [-0.39, 0.29) is 11.0 Å². The van der Waals surface area contributed by atoms with Crippen molar-refractivity contribution in [3.63, 3.8) is 0 Å². The molecule has 21 heavy (non-hydrogen) atoms. The number of hydrogen-bond acceptors (Lipinski definition) is 5. The standard InChI is InChI=1S/C10H6ClF3N4O3/c11-10-17-16-8(21-10)7(19)15-4-1-5(12)9(20)18(2-4)3-6(13)14/h1-2,6H,3H2,(H,15,19). The maximum atomic E-state index is 13.3. The van der Waals surface area contributed by atoms with E-state index in [9.17, 15) is 22.8 Å². The van der Waals surface area contributed by atoms with Crippen LogP contribution < -0.4 is 10.9 Å². The molecule has 0 unspecified atom stereocenters. The fourth-order valence-electron chi connectivity index (χ4n) is 1.43. The van der Waals surface area contributed by atoms with Gasteiger partial charge in [-0.2, -0.15) is 0 Å². The van der Waals surface area contributed by atoms with Crippen molar-refractivity contribution in [1.29, 1.82) is 0 Å². The van der Waals surface area contributed by atoms with Crippen molar-refractivity contribution < 1.29 is 22.4 Å². The van der Waals surface area contributed by atoms with E-state index in [1.807, 2.05) is 0 Å². The number of halogens is 4. The van der Waals surface area contributed by atoms with E-state index in [0.29, 0.717) is 10.6 Å². The molecule has 1 N–H and O–H groups in total. The summed E-state index contributed by atoms with van der Waals surface area (Å²) in [5.41, 5.74) is -1.46. The summed E-state index contributed by atoms with van der Waals surface area (Å²) in [7, 11) is 0. The number of carbonyl (C=O) groups excluding carboxylic acids is 1. The van der Waals surface area contributed by atoms with Crippen LogP contribution in [0.3, 0.4) is 0 Å². The summed E-state index contributed by atoms with van der Waals surface area (Å²) in [5.74, 6) is -2.74. The van der Waals surface area contributed by atoms with Gasteiger partial charge < -0.3 is 14.3 Å². The molecule has 0 fully saturated rings. The van der Waals surface area contributed by atoms with Crippen molar-refractivity contribution in [2.45, 2.75) is 13.0 Å². The Bertz CT molecular complexity index is 731. The molecule has 0 saturated heterocycles. The molecule has 7 nitrogen and oxygen atoms in total. The zero-order chi connectivity index (χ0) is 15.6. The molecule has 2 aromatic heterocycles. The minimum Gasteiger partial charge on any atom is -0.403 e. The highest BCUT2D eigenvalue weighted by Crippen LogP contribution is 2.11. The fourth-order valence-corrected chi connectivity index (χ4v) is 1.54. The van der Waals surface area contributed by atoms with E-state index >= 15 is 0 Å². The Hall–Kier alpha value is -2.36. The maximum Gasteiger partial charge on any atom is 0.313 e. The molecule has 0 bridgehead atoms. The second kappa shape index (κ2) is 5.95. The number of nitrogens with one attached hydrogen (secondary N) is 1. The minimum atomic E-state index is -2.86. The van der Waals surface area contributed by atoms with Crippen LogP contribution in [-0.2, 0) is 6.54 Å². The fraction of sp³-hybridized carbons (Fsp3) is 0.200. The Morgan fingerprint density at radius 2 is 2.19 bits per heavy atom. The van der Waals surface area contributed by atoms with Crippen molar-refractivity contribution in [2.24, 2.45) is 0 Å². The average Bonchev–Trinajstić information content (AvgIpc) is 2.81. The average molecular weight is 323 g/mol. The number of hydrogen-bond donors (Lipinski definition) is 1. The van der Waals surface area contributed by atoms with Gasteiger partial charge in [-0.15, -0.1) is 5.10 Å². The SMILES string of the molecule is O=C(Nc1cc(F)c(=O)n(CC(F)F)c1)c1nnc(Cl)o1. The van der Waals surface area contributed by atoms with Crippen LogP contribution in [0.2, 0.25) is 5.35 Å². The van der Waals surface area contributed by atoms with Crippen molar-refractivity contribution >= 4 is 23.2 Å². The van der Waals surface area contributed by atoms with Crippen LogP contribution in [0.25, 0.3) is 0 Å². The number of aromatic nitrogens is 3. The van der Waals surface area contributed by atoms with Crippen molar-refractivity contribution in [3.8, 4) is 0 Å². The van der Waals surface area contributed by atoms with Crippen molar-refractivity contribution in [1.82, 2.24) is 14.8 Å². The molecule has 0 radical (unpaired) electrons. The quantitative estimate of drug-likeness (QED) is 0.922. The van der Waals surface area contributed by atoms with Crippen LogP contribution in [0.4, 0.5) is 18.9 Å². The minimum absolute atomic E-state index is 0.230. The number of pyridine rings is 1. The predicted molar refractivity (Wildman–Crippen MR) is 63.9 cm³/mol. The van der Waals surface area contributed by atoms with Gasteiger partial charge in [-0.1, -0.05) is 5.10 Å². The van der Waals surface area contributed by atoms with Gasteiger partial charge in [0.2, 0.25) is 0 Å². The second-order valence-electron chi connectivity index (χ2n) is 3.74. The number of nitrogens with zero attached hydrogens (tertiary/aromatic N) is 3. The molecular formula is C10H6ClF3N4O3. The predicted octanol–water partition coefficient (Wildman–Crippen LogP) is 1.54. The lowest BCUT2D eigenvalue weighted by Gasteiger charge is -2.08. The number of carbonyl (C=O) groups is 1. The Kier molecular flexibility index (Phi) is 4.26. The highest BCUT2D eigenvalue weighted by atomic mass is 35.5. The van der Waals surface area contributed by atoms with Crippen LogP contribution in [-0.4, -0.2) is 27.1 Å². The first-order chi connectivity index (χ1) is 9.86.